The Morgan fingerprint density at radius 1 is 0.806 bits per heavy atom. The van der Waals surface area contributed by atoms with Gasteiger partial charge in [-0.1, -0.05) is 104 Å². The third-order valence-corrected chi connectivity index (χ3v) is 6.86. The molecule has 0 amide bonds. The van der Waals surface area contributed by atoms with Crippen LogP contribution in [0.15, 0.2) is 0 Å². The van der Waals surface area contributed by atoms with Gasteiger partial charge in [-0.3, -0.25) is 0 Å². The number of hydrogen-bond donors (Lipinski definition) is 0. The predicted molar refractivity (Wildman–Crippen MR) is 134 cm³/mol. The molecule has 3 nitrogen and oxygen atoms in total. The molecule has 31 heavy (non-hydrogen) atoms. The largest absolute Gasteiger partial charge is 0.370 e. The molecule has 1 saturated heterocycles. The Labute approximate surface area is 195 Å². The second-order valence-electron chi connectivity index (χ2n) is 10.7. The zero-order chi connectivity index (χ0) is 23.0. The summed E-state index contributed by atoms with van der Waals surface area (Å²) in [5.74, 6) is -0.423. The molecule has 1 rings (SSSR count). The topological polar surface area (TPSA) is 27.7 Å². The Morgan fingerprint density at radius 3 is 1.87 bits per heavy atom. The van der Waals surface area contributed by atoms with Crippen LogP contribution < -0.4 is 0 Å². The van der Waals surface area contributed by atoms with E-state index in [0.29, 0.717) is 6.61 Å². The molecule has 3 unspecified atom stereocenters. The number of rotatable bonds is 20. The van der Waals surface area contributed by atoms with Crippen molar-refractivity contribution >= 4 is 0 Å². The summed E-state index contributed by atoms with van der Waals surface area (Å²) < 4.78 is 19.1. The number of unbranched alkanes of at least 4 members (excludes halogenated alkanes) is 12. The molecule has 3 atom stereocenters. The van der Waals surface area contributed by atoms with Crippen LogP contribution in [0.3, 0.4) is 0 Å². The average molecular weight is 441 g/mol. The molecule has 186 valence electrons. The van der Waals surface area contributed by atoms with Gasteiger partial charge < -0.3 is 14.2 Å². The lowest BCUT2D eigenvalue weighted by Crippen LogP contribution is -2.39. The summed E-state index contributed by atoms with van der Waals surface area (Å²) in [5.41, 5.74) is -0.0923. The van der Waals surface area contributed by atoms with Crippen LogP contribution in [0.25, 0.3) is 0 Å². The van der Waals surface area contributed by atoms with E-state index in [1.54, 1.807) is 0 Å². The molecule has 0 aromatic heterocycles. The smallest absolute Gasteiger partial charge is 0.166 e. The molecule has 0 N–H and O–H groups in total. The van der Waals surface area contributed by atoms with Crippen molar-refractivity contribution < 1.29 is 14.2 Å². The third-order valence-electron chi connectivity index (χ3n) is 6.86. The molecule has 0 aromatic carbocycles. The van der Waals surface area contributed by atoms with Gasteiger partial charge in [0, 0.05) is 6.42 Å². The molecule has 1 heterocycles. The summed E-state index contributed by atoms with van der Waals surface area (Å²) >= 11 is 0. The van der Waals surface area contributed by atoms with Crippen LogP contribution in [0.4, 0.5) is 0 Å². The minimum atomic E-state index is -0.423. The van der Waals surface area contributed by atoms with Gasteiger partial charge in [0.15, 0.2) is 5.79 Å². The highest BCUT2D eigenvalue weighted by Crippen LogP contribution is 2.33. The highest BCUT2D eigenvalue weighted by molar-refractivity contribution is 4.83. The lowest BCUT2D eigenvalue weighted by Gasteiger charge is -2.33. The van der Waals surface area contributed by atoms with Gasteiger partial charge in [-0.25, -0.2) is 0 Å². The van der Waals surface area contributed by atoms with E-state index in [1.807, 2.05) is 0 Å². The zero-order valence-corrected chi connectivity index (χ0v) is 22.1. The number of hydrogen-bond acceptors (Lipinski definition) is 3. The van der Waals surface area contributed by atoms with Gasteiger partial charge in [0.25, 0.3) is 0 Å². The van der Waals surface area contributed by atoms with Crippen molar-refractivity contribution in [3.63, 3.8) is 0 Å². The first-order valence-corrected chi connectivity index (χ1v) is 13.9. The molecule has 0 spiro atoms. The summed E-state index contributed by atoms with van der Waals surface area (Å²) in [7, 11) is 0. The lowest BCUT2D eigenvalue weighted by atomic mass is 9.98. The molecule has 1 aliphatic rings. The molecule has 0 aromatic rings. The third kappa shape index (κ3) is 13.2. The summed E-state index contributed by atoms with van der Waals surface area (Å²) in [6.45, 7) is 14.1. The highest BCUT2D eigenvalue weighted by atomic mass is 16.8. The van der Waals surface area contributed by atoms with Crippen molar-refractivity contribution in [3.8, 4) is 0 Å². The van der Waals surface area contributed by atoms with Gasteiger partial charge in [-0.15, -0.1) is 0 Å². The van der Waals surface area contributed by atoms with Crippen molar-refractivity contribution in [2.24, 2.45) is 0 Å². The van der Waals surface area contributed by atoms with Crippen LogP contribution in [0.1, 0.15) is 151 Å². The zero-order valence-electron chi connectivity index (χ0n) is 22.1. The van der Waals surface area contributed by atoms with E-state index < -0.39 is 5.79 Å². The van der Waals surface area contributed by atoms with Gasteiger partial charge in [-0.2, -0.15) is 0 Å². The molecule has 1 aliphatic heterocycles. The second-order valence-corrected chi connectivity index (χ2v) is 10.7. The maximum Gasteiger partial charge on any atom is 0.166 e. The van der Waals surface area contributed by atoms with Crippen LogP contribution >= 0.6 is 0 Å². The summed E-state index contributed by atoms with van der Waals surface area (Å²) in [6.07, 6.45) is 22.0. The van der Waals surface area contributed by atoms with E-state index in [0.717, 1.165) is 19.3 Å². The van der Waals surface area contributed by atoms with Crippen LogP contribution in [0.5, 0.6) is 0 Å². The van der Waals surface area contributed by atoms with Gasteiger partial charge >= 0.3 is 0 Å². The fourth-order valence-electron chi connectivity index (χ4n) is 4.76. The van der Waals surface area contributed by atoms with Crippen LogP contribution in [0.2, 0.25) is 0 Å². The predicted octanol–water partition coefficient (Wildman–Crippen LogP) is 8.97. The van der Waals surface area contributed by atoms with E-state index in [1.165, 1.54) is 89.9 Å². The maximum absolute atomic E-state index is 6.59. The fourth-order valence-corrected chi connectivity index (χ4v) is 4.76. The SMILES string of the molecule is CCCCCCCCCC(C)(C)OC(CC)C1COC(C)(CCCCCCCCC)O1. The van der Waals surface area contributed by atoms with Crippen molar-refractivity contribution in [2.75, 3.05) is 6.61 Å². The molecule has 0 aliphatic carbocycles. The molecule has 0 bridgehead atoms. The molecular weight excluding hydrogens is 384 g/mol. The first-order chi connectivity index (χ1) is 14.9. The normalized spacial score (nSPS) is 22.8. The fraction of sp³-hybridized carbons (Fsp3) is 1.00. The lowest BCUT2D eigenvalue weighted by molar-refractivity contribution is -0.187. The Bertz CT molecular complexity index is 422. The van der Waals surface area contributed by atoms with Crippen LogP contribution in [0, 0.1) is 0 Å². The molecule has 3 heteroatoms. The summed E-state index contributed by atoms with van der Waals surface area (Å²) in [6, 6.07) is 0. The summed E-state index contributed by atoms with van der Waals surface area (Å²) in [4.78, 5) is 0. The van der Waals surface area contributed by atoms with Gasteiger partial charge in [0.05, 0.1) is 18.3 Å². The van der Waals surface area contributed by atoms with Gasteiger partial charge in [0.2, 0.25) is 0 Å². The van der Waals surface area contributed by atoms with Crippen molar-refractivity contribution in [1.82, 2.24) is 0 Å². The highest BCUT2D eigenvalue weighted by Gasteiger charge is 2.41. The Kier molecular flexibility index (Phi) is 15.4. The Balaban J connectivity index is 2.28. The first-order valence-electron chi connectivity index (χ1n) is 13.9. The number of ether oxygens (including phenoxy) is 3. The Morgan fingerprint density at radius 2 is 1.32 bits per heavy atom. The standard InChI is InChI=1S/C28H56O3/c1-7-10-12-14-16-18-20-22-27(4,5)30-25(9-3)26-24-29-28(6,31-26)23-21-19-17-15-13-11-8-2/h25-26H,7-24H2,1-6H3. The van der Waals surface area contributed by atoms with E-state index >= 15 is 0 Å². The van der Waals surface area contributed by atoms with Gasteiger partial charge in [0.1, 0.15) is 6.10 Å². The maximum atomic E-state index is 6.59. The van der Waals surface area contributed by atoms with E-state index in [-0.39, 0.29) is 17.8 Å². The van der Waals surface area contributed by atoms with Crippen LogP contribution in [-0.2, 0) is 14.2 Å². The van der Waals surface area contributed by atoms with E-state index in [4.69, 9.17) is 14.2 Å². The second kappa shape index (κ2) is 16.5. The van der Waals surface area contributed by atoms with Gasteiger partial charge in [-0.05, 0) is 40.0 Å². The monoisotopic (exact) mass is 440 g/mol. The van der Waals surface area contributed by atoms with Crippen molar-refractivity contribution in [1.29, 1.82) is 0 Å². The van der Waals surface area contributed by atoms with Crippen LogP contribution in [-0.4, -0.2) is 30.2 Å². The minimum Gasteiger partial charge on any atom is -0.370 e. The van der Waals surface area contributed by atoms with E-state index in [2.05, 4.69) is 41.5 Å². The molecular formula is C28H56O3. The molecule has 1 fully saturated rings. The van der Waals surface area contributed by atoms with E-state index in [9.17, 15) is 0 Å². The molecule has 0 saturated carbocycles. The van der Waals surface area contributed by atoms with Crippen molar-refractivity contribution in [2.45, 2.75) is 174 Å². The summed E-state index contributed by atoms with van der Waals surface area (Å²) in [5, 5.41) is 0. The minimum absolute atomic E-state index is 0.0628. The quantitative estimate of drug-likeness (QED) is 0.177. The van der Waals surface area contributed by atoms with Crippen molar-refractivity contribution in [3.05, 3.63) is 0 Å². The Hall–Kier alpha value is -0.120. The first kappa shape index (κ1) is 28.9. The molecule has 0 radical (unpaired) electrons. The average Bonchev–Trinajstić information content (AvgIpc) is 3.13.